The van der Waals surface area contributed by atoms with Gasteiger partial charge in [0.25, 0.3) is 0 Å². The van der Waals surface area contributed by atoms with Crippen LogP contribution < -0.4 is 10.2 Å². The van der Waals surface area contributed by atoms with Crippen LogP contribution >= 0.6 is 23.2 Å². The fraction of sp³-hybridized carbons (Fsp3) is 0.190. The van der Waals surface area contributed by atoms with Crippen LogP contribution in [0.25, 0.3) is 0 Å². The van der Waals surface area contributed by atoms with Gasteiger partial charge in [-0.2, -0.15) is 9.49 Å². The molecule has 4 rings (SSSR count). The molecule has 33 heavy (non-hydrogen) atoms. The first kappa shape index (κ1) is 22.7. The highest BCUT2D eigenvalue weighted by atomic mass is 35.5. The lowest BCUT2D eigenvalue weighted by Crippen LogP contribution is -2.28. The van der Waals surface area contributed by atoms with E-state index in [1.807, 2.05) is 0 Å². The molecule has 1 aliphatic heterocycles. The third kappa shape index (κ3) is 4.81. The van der Waals surface area contributed by atoms with Crippen LogP contribution in [-0.4, -0.2) is 33.1 Å². The van der Waals surface area contributed by atoms with E-state index >= 15 is 0 Å². The highest BCUT2D eigenvalue weighted by Crippen LogP contribution is 2.30. The topological polar surface area (TPSA) is 110 Å². The lowest BCUT2D eigenvalue weighted by atomic mass is 10.1. The van der Waals surface area contributed by atoms with E-state index in [0.29, 0.717) is 15.9 Å². The van der Waals surface area contributed by atoms with Gasteiger partial charge in [0.2, 0.25) is 17.6 Å². The molecule has 2 amide bonds. The van der Waals surface area contributed by atoms with Crippen LogP contribution in [0.2, 0.25) is 10.0 Å². The normalized spacial score (nSPS) is 15.7. The molecule has 1 aromatic heterocycles. The Kier molecular flexibility index (Phi) is 6.30. The second-order valence-electron chi connectivity index (χ2n) is 7.40. The molecule has 0 bridgehead atoms. The minimum atomic E-state index is -1.00. The zero-order valence-corrected chi connectivity index (χ0v) is 18.4. The van der Waals surface area contributed by atoms with Gasteiger partial charge in [0, 0.05) is 35.1 Å². The highest BCUT2D eigenvalue weighted by molar-refractivity contribution is 6.35. The van der Waals surface area contributed by atoms with Crippen molar-refractivity contribution in [3.63, 3.8) is 0 Å². The summed E-state index contributed by atoms with van der Waals surface area (Å²) in [6.07, 6.45) is 1.43. The van der Waals surface area contributed by atoms with Crippen molar-refractivity contribution in [1.82, 2.24) is 9.78 Å². The first-order valence-electron chi connectivity index (χ1n) is 9.74. The van der Waals surface area contributed by atoms with E-state index in [-0.39, 0.29) is 25.2 Å². The first-order chi connectivity index (χ1) is 15.7. The number of benzene rings is 2. The van der Waals surface area contributed by atoms with E-state index in [1.165, 1.54) is 17.2 Å². The summed E-state index contributed by atoms with van der Waals surface area (Å²) in [7, 11) is 0. The molecule has 1 saturated heterocycles. The first-order valence-corrected chi connectivity index (χ1v) is 10.5. The van der Waals surface area contributed by atoms with Crippen LogP contribution in [0, 0.1) is 21.8 Å². The summed E-state index contributed by atoms with van der Waals surface area (Å²) in [5.74, 6) is -2.10. The number of hydrogen-bond acceptors (Lipinski definition) is 5. The number of nitrogens with zero attached hydrogens (tertiary/aromatic N) is 4. The van der Waals surface area contributed by atoms with Crippen molar-refractivity contribution in [2.45, 2.75) is 13.0 Å². The Bertz CT molecular complexity index is 1270. The lowest BCUT2D eigenvalue weighted by Gasteiger charge is -2.17. The molecule has 1 N–H and O–H groups in total. The van der Waals surface area contributed by atoms with Crippen molar-refractivity contribution in [2.75, 3.05) is 16.8 Å². The minimum Gasteiger partial charge on any atom is -0.311 e. The number of carbonyl (C=O) groups is 2. The number of carbonyl (C=O) groups excluding carboxylic acids is 2. The maximum Gasteiger partial charge on any atom is 0.306 e. The monoisotopic (exact) mass is 491 g/mol. The van der Waals surface area contributed by atoms with Gasteiger partial charge >= 0.3 is 5.69 Å². The molecule has 12 heteroatoms. The number of anilines is 2. The maximum atomic E-state index is 13.6. The maximum absolute atomic E-state index is 13.6. The predicted octanol–water partition coefficient (Wildman–Crippen LogP) is 4.28. The minimum absolute atomic E-state index is 0.00457. The van der Waals surface area contributed by atoms with Gasteiger partial charge in [0.15, 0.2) is 0 Å². The Morgan fingerprint density at radius 3 is 2.76 bits per heavy atom. The molecule has 3 aromatic rings. The van der Waals surface area contributed by atoms with Crippen molar-refractivity contribution in [3.05, 3.63) is 80.2 Å². The quantitative estimate of drug-likeness (QED) is 0.408. The standard InChI is InChI=1S/C21H16Cl2FN5O4/c22-14-2-1-12(16(23)8-14)11-28-19(5-6-25-28)26-21(31)13-7-20(30)27(10-13)15-3-4-17(24)18(9-15)29(32)33/h1-6,8-9,13H,7,10-11H2,(H,26,31). The number of amides is 2. The molecule has 0 saturated carbocycles. The summed E-state index contributed by atoms with van der Waals surface area (Å²) in [4.78, 5) is 36.7. The number of aromatic nitrogens is 2. The summed E-state index contributed by atoms with van der Waals surface area (Å²) >= 11 is 12.1. The summed E-state index contributed by atoms with van der Waals surface area (Å²) in [6, 6.07) is 9.85. The van der Waals surface area contributed by atoms with Gasteiger partial charge in [-0.3, -0.25) is 19.7 Å². The molecular weight excluding hydrogens is 476 g/mol. The largest absolute Gasteiger partial charge is 0.311 e. The lowest BCUT2D eigenvalue weighted by molar-refractivity contribution is -0.387. The Labute approximate surface area is 196 Å². The SMILES string of the molecule is O=C(Nc1ccnn1Cc1ccc(Cl)cc1Cl)C1CC(=O)N(c2ccc(F)c([N+](=O)[O-])c2)C1. The smallest absolute Gasteiger partial charge is 0.306 e. The van der Waals surface area contributed by atoms with Crippen molar-refractivity contribution in [2.24, 2.45) is 5.92 Å². The van der Waals surface area contributed by atoms with Crippen LogP contribution in [0.1, 0.15) is 12.0 Å². The predicted molar refractivity (Wildman–Crippen MR) is 120 cm³/mol. The van der Waals surface area contributed by atoms with E-state index in [0.717, 1.165) is 17.7 Å². The van der Waals surface area contributed by atoms with E-state index in [1.54, 1.807) is 28.9 Å². The molecule has 0 radical (unpaired) electrons. The molecule has 1 aliphatic rings. The second kappa shape index (κ2) is 9.16. The van der Waals surface area contributed by atoms with Crippen LogP contribution in [0.15, 0.2) is 48.7 Å². The van der Waals surface area contributed by atoms with Gasteiger partial charge in [0.05, 0.1) is 29.3 Å². The van der Waals surface area contributed by atoms with E-state index < -0.39 is 34.2 Å². The number of nitrogens with one attached hydrogen (secondary N) is 1. The van der Waals surface area contributed by atoms with Gasteiger partial charge in [-0.25, -0.2) is 4.68 Å². The summed E-state index contributed by atoms with van der Waals surface area (Å²) in [5, 5.41) is 18.9. The molecule has 1 unspecified atom stereocenters. The molecule has 0 spiro atoms. The van der Waals surface area contributed by atoms with Gasteiger partial charge in [-0.1, -0.05) is 29.3 Å². The van der Waals surface area contributed by atoms with Crippen molar-refractivity contribution in [3.8, 4) is 0 Å². The Hall–Kier alpha value is -3.50. The van der Waals surface area contributed by atoms with Crippen LogP contribution in [0.5, 0.6) is 0 Å². The summed E-state index contributed by atoms with van der Waals surface area (Å²) in [5.41, 5.74) is 0.171. The Morgan fingerprint density at radius 1 is 1.24 bits per heavy atom. The third-order valence-corrected chi connectivity index (χ3v) is 5.82. The van der Waals surface area contributed by atoms with Crippen LogP contribution in [0.4, 0.5) is 21.6 Å². The van der Waals surface area contributed by atoms with Crippen molar-refractivity contribution >= 4 is 52.2 Å². The fourth-order valence-corrected chi connectivity index (χ4v) is 4.01. The van der Waals surface area contributed by atoms with Crippen molar-refractivity contribution in [1.29, 1.82) is 0 Å². The Balaban J connectivity index is 1.46. The van der Waals surface area contributed by atoms with Gasteiger partial charge in [-0.15, -0.1) is 0 Å². The summed E-state index contributed by atoms with van der Waals surface area (Å²) in [6.45, 7) is 0.290. The highest BCUT2D eigenvalue weighted by Gasteiger charge is 2.36. The molecular formula is C21H16Cl2FN5O4. The average molecular weight is 492 g/mol. The van der Waals surface area contributed by atoms with Gasteiger partial charge < -0.3 is 10.2 Å². The van der Waals surface area contributed by atoms with Crippen LogP contribution in [-0.2, 0) is 16.1 Å². The number of halogens is 3. The molecule has 1 atom stereocenters. The molecule has 9 nitrogen and oxygen atoms in total. The molecule has 2 aromatic carbocycles. The number of hydrogen-bond donors (Lipinski definition) is 1. The fourth-order valence-electron chi connectivity index (χ4n) is 3.55. The number of nitro groups is 1. The van der Waals surface area contributed by atoms with Gasteiger partial charge in [0.1, 0.15) is 5.82 Å². The number of nitro benzene ring substituents is 1. The average Bonchev–Trinajstić information content (AvgIpc) is 3.36. The van der Waals surface area contributed by atoms with E-state index in [2.05, 4.69) is 10.4 Å². The second-order valence-corrected chi connectivity index (χ2v) is 8.24. The molecule has 0 aliphatic carbocycles. The van der Waals surface area contributed by atoms with E-state index in [4.69, 9.17) is 23.2 Å². The van der Waals surface area contributed by atoms with Crippen LogP contribution in [0.3, 0.4) is 0 Å². The molecule has 2 heterocycles. The van der Waals surface area contributed by atoms with Crippen molar-refractivity contribution < 1.29 is 18.9 Å². The zero-order valence-electron chi connectivity index (χ0n) is 16.9. The van der Waals surface area contributed by atoms with Gasteiger partial charge in [-0.05, 0) is 29.8 Å². The molecule has 170 valence electrons. The zero-order chi connectivity index (χ0) is 23.7. The van der Waals surface area contributed by atoms with E-state index in [9.17, 15) is 24.1 Å². The summed E-state index contributed by atoms with van der Waals surface area (Å²) < 4.78 is 15.2. The number of rotatable bonds is 6. The Morgan fingerprint density at radius 2 is 2.03 bits per heavy atom. The molecule has 1 fully saturated rings. The third-order valence-electron chi connectivity index (χ3n) is 5.24.